The third kappa shape index (κ3) is 8.38. The lowest BCUT2D eigenvalue weighted by atomic mass is 9.85. The minimum Gasteiger partial charge on any atom is -0.474 e. The summed E-state index contributed by atoms with van der Waals surface area (Å²) in [4.78, 5) is 30.5. The van der Waals surface area contributed by atoms with Crippen molar-refractivity contribution in [2.75, 3.05) is 63.3 Å². The molecule has 43 heavy (non-hydrogen) atoms. The van der Waals surface area contributed by atoms with Gasteiger partial charge in [-0.2, -0.15) is 9.97 Å². The minimum absolute atomic E-state index is 0.00517. The lowest BCUT2D eigenvalue weighted by molar-refractivity contribution is -0.138. The number of amidine groups is 1. The zero-order valence-corrected chi connectivity index (χ0v) is 25.0. The van der Waals surface area contributed by atoms with E-state index in [0.29, 0.717) is 56.7 Å². The Morgan fingerprint density at radius 1 is 1.07 bits per heavy atom. The van der Waals surface area contributed by atoms with Crippen LogP contribution in [0, 0.1) is 18.8 Å². The fourth-order valence-electron chi connectivity index (χ4n) is 5.94. The number of carbonyl (C=O) groups excluding carboxylic acids is 1. The average Bonchev–Trinajstić information content (AvgIpc) is 3.02. The van der Waals surface area contributed by atoms with Crippen molar-refractivity contribution in [2.45, 2.75) is 58.0 Å². The van der Waals surface area contributed by atoms with Crippen LogP contribution in [0.5, 0.6) is 5.88 Å². The molecule has 10 nitrogen and oxygen atoms in total. The van der Waals surface area contributed by atoms with Crippen molar-refractivity contribution in [1.29, 1.82) is 0 Å². The first kappa shape index (κ1) is 31.1. The molecule has 234 valence electrons. The second-order valence-corrected chi connectivity index (χ2v) is 11.5. The van der Waals surface area contributed by atoms with Gasteiger partial charge in [0.25, 0.3) is 6.43 Å². The highest BCUT2D eigenvalue weighted by molar-refractivity contribution is 5.99. The predicted molar refractivity (Wildman–Crippen MR) is 161 cm³/mol. The molecule has 1 aliphatic carbocycles. The summed E-state index contributed by atoms with van der Waals surface area (Å²) in [5.41, 5.74) is 1.37. The second kappa shape index (κ2) is 14.9. The van der Waals surface area contributed by atoms with Crippen molar-refractivity contribution >= 4 is 29.2 Å². The SMILES string of the molecule is COCC1CCN(C(=O)C2CCC(Oc3cc(/N=C(/Nc4ccccc4C)C(F)F)nc(N4CCOCC4)n3)CC2)CC1. The predicted octanol–water partition coefficient (Wildman–Crippen LogP) is 4.85. The number of anilines is 2. The molecule has 3 fully saturated rings. The molecule has 3 heterocycles. The quantitative estimate of drug-likeness (QED) is 0.322. The van der Waals surface area contributed by atoms with Crippen LogP contribution in [0.3, 0.4) is 0 Å². The molecule has 1 aromatic heterocycles. The van der Waals surface area contributed by atoms with E-state index >= 15 is 0 Å². The van der Waals surface area contributed by atoms with Crippen LogP contribution in [0.15, 0.2) is 35.3 Å². The molecule has 1 aromatic carbocycles. The van der Waals surface area contributed by atoms with Crippen LogP contribution in [0.4, 0.5) is 26.2 Å². The lowest BCUT2D eigenvalue weighted by Crippen LogP contribution is -2.43. The van der Waals surface area contributed by atoms with Gasteiger partial charge < -0.3 is 29.3 Å². The number of hydrogen-bond acceptors (Lipinski definition) is 8. The Morgan fingerprint density at radius 2 is 1.79 bits per heavy atom. The van der Waals surface area contributed by atoms with Gasteiger partial charge in [0.2, 0.25) is 17.7 Å². The zero-order chi connectivity index (χ0) is 30.2. The molecule has 2 saturated heterocycles. The van der Waals surface area contributed by atoms with Crippen molar-refractivity contribution < 1.29 is 27.8 Å². The molecule has 12 heteroatoms. The Labute approximate surface area is 251 Å². The number of halogens is 2. The summed E-state index contributed by atoms with van der Waals surface area (Å²) >= 11 is 0. The Kier molecular flexibility index (Phi) is 10.7. The maximum Gasteiger partial charge on any atom is 0.295 e. The number of rotatable bonds is 9. The number of carbonyl (C=O) groups is 1. The van der Waals surface area contributed by atoms with Crippen LogP contribution in [0.2, 0.25) is 0 Å². The molecule has 0 spiro atoms. The van der Waals surface area contributed by atoms with Crippen molar-refractivity contribution in [1.82, 2.24) is 14.9 Å². The van der Waals surface area contributed by atoms with E-state index < -0.39 is 12.3 Å². The summed E-state index contributed by atoms with van der Waals surface area (Å²) in [6.07, 6.45) is 1.88. The van der Waals surface area contributed by atoms with Crippen LogP contribution in [-0.4, -0.2) is 92.2 Å². The molecule has 0 atom stereocenters. The summed E-state index contributed by atoms with van der Waals surface area (Å²) in [6, 6.07) is 8.70. The van der Waals surface area contributed by atoms with Crippen molar-refractivity contribution in [3.63, 3.8) is 0 Å². The van der Waals surface area contributed by atoms with Gasteiger partial charge in [0, 0.05) is 57.6 Å². The molecular weight excluding hydrogens is 558 g/mol. The number of hydrogen-bond donors (Lipinski definition) is 1. The number of piperidine rings is 1. The molecule has 0 radical (unpaired) electrons. The van der Waals surface area contributed by atoms with Gasteiger partial charge in [-0.25, -0.2) is 13.8 Å². The van der Waals surface area contributed by atoms with E-state index in [1.807, 2.05) is 28.9 Å². The maximum absolute atomic E-state index is 14.1. The molecule has 1 saturated carbocycles. The van der Waals surface area contributed by atoms with Gasteiger partial charge in [0.1, 0.15) is 6.10 Å². The summed E-state index contributed by atoms with van der Waals surface area (Å²) in [5.74, 6) is 0.996. The number of benzene rings is 1. The minimum atomic E-state index is -2.84. The number of aliphatic imine (C=N–C) groups is 1. The third-order valence-corrected chi connectivity index (χ3v) is 8.46. The fraction of sp³-hybridized carbons (Fsp3) is 0.613. The van der Waals surface area contributed by atoms with E-state index in [1.165, 1.54) is 6.07 Å². The summed E-state index contributed by atoms with van der Waals surface area (Å²) in [6.45, 7) is 6.36. The molecule has 1 N–H and O–H groups in total. The van der Waals surface area contributed by atoms with Crippen LogP contribution < -0.4 is 15.0 Å². The Morgan fingerprint density at radius 3 is 2.47 bits per heavy atom. The highest BCUT2D eigenvalue weighted by atomic mass is 19.3. The molecule has 5 rings (SSSR count). The van der Waals surface area contributed by atoms with E-state index in [1.54, 1.807) is 19.2 Å². The lowest BCUT2D eigenvalue weighted by Gasteiger charge is -2.36. The molecule has 0 unspecified atom stereocenters. The molecule has 3 aliphatic rings. The zero-order valence-electron chi connectivity index (χ0n) is 25.0. The number of morpholine rings is 1. The van der Waals surface area contributed by atoms with Gasteiger partial charge in [0.05, 0.1) is 13.2 Å². The Bertz CT molecular complexity index is 1240. The number of aryl methyl sites for hydroxylation is 1. The maximum atomic E-state index is 14.1. The first-order valence-electron chi connectivity index (χ1n) is 15.2. The van der Waals surface area contributed by atoms with Gasteiger partial charge in [0.15, 0.2) is 11.7 Å². The van der Waals surface area contributed by atoms with Crippen LogP contribution in [0.25, 0.3) is 0 Å². The smallest absolute Gasteiger partial charge is 0.295 e. The number of methoxy groups -OCH3 is 1. The molecule has 2 aromatic rings. The largest absolute Gasteiger partial charge is 0.474 e. The van der Waals surface area contributed by atoms with Crippen molar-refractivity contribution in [2.24, 2.45) is 16.8 Å². The number of nitrogens with one attached hydrogen (secondary N) is 1. The Hall–Kier alpha value is -3.38. The summed E-state index contributed by atoms with van der Waals surface area (Å²) in [5, 5.41) is 2.77. The Balaban J connectivity index is 1.27. The van der Waals surface area contributed by atoms with Gasteiger partial charge in [-0.15, -0.1) is 0 Å². The number of nitrogens with zero attached hydrogens (tertiary/aromatic N) is 5. The number of amides is 1. The van der Waals surface area contributed by atoms with E-state index in [0.717, 1.165) is 50.9 Å². The van der Waals surface area contributed by atoms with Crippen molar-refractivity contribution in [3.8, 4) is 5.88 Å². The molecular formula is C31H42F2N6O4. The normalized spacial score (nSPS) is 22.1. The van der Waals surface area contributed by atoms with E-state index in [2.05, 4.69) is 20.3 Å². The van der Waals surface area contributed by atoms with E-state index in [-0.39, 0.29) is 29.6 Å². The van der Waals surface area contributed by atoms with Crippen molar-refractivity contribution in [3.05, 3.63) is 35.9 Å². The second-order valence-electron chi connectivity index (χ2n) is 11.5. The molecule has 2 aliphatic heterocycles. The number of alkyl halides is 2. The highest BCUT2D eigenvalue weighted by Crippen LogP contribution is 2.32. The van der Waals surface area contributed by atoms with Gasteiger partial charge in [-0.3, -0.25) is 4.79 Å². The first-order valence-corrected chi connectivity index (χ1v) is 15.2. The summed E-state index contributed by atoms with van der Waals surface area (Å²) < 4.78 is 45.2. The van der Waals surface area contributed by atoms with Gasteiger partial charge in [-0.05, 0) is 63.0 Å². The summed E-state index contributed by atoms with van der Waals surface area (Å²) in [7, 11) is 1.72. The van der Waals surface area contributed by atoms with Gasteiger partial charge >= 0.3 is 0 Å². The van der Waals surface area contributed by atoms with Crippen LogP contribution >= 0.6 is 0 Å². The number of ether oxygens (including phenoxy) is 3. The third-order valence-electron chi connectivity index (χ3n) is 8.46. The topological polar surface area (TPSA) is 101 Å². The number of para-hydroxylation sites is 1. The highest BCUT2D eigenvalue weighted by Gasteiger charge is 2.32. The molecule has 0 bridgehead atoms. The van der Waals surface area contributed by atoms with Gasteiger partial charge in [-0.1, -0.05) is 18.2 Å². The monoisotopic (exact) mass is 600 g/mol. The first-order chi connectivity index (χ1) is 20.9. The van der Waals surface area contributed by atoms with Crippen LogP contribution in [0.1, 0.15) is 44.1 Å². The number of likely N-dealkylation sites (tertiary alicyclic amines) is 1. The number of aromatic nitrogens is 2. The standard InChI is InChI=1S/C31H42F2N6O4/c1-21-5-3-4-6-25(21)34-29(28(32)33)35-26-19-27(37-31(36-26)39-15-17-42-18-16-39)43-24-9-7-23(8-10-24)30(40)38-13-11-22(12-14-38)20-41-2/h3-6,19,22-24,28H,7-18,20H2,1-2H3,(H,34,35,36,37). The average molecular weight is 601 g/mol. The van der Waals surface area contributed by atoms with Crippen LogP contribution in [-0.2, 0) is 14.3 Å². The fourth-order valence-corrected chi connectivity index (χ4v) is 5.94. The van der Waals surface area contributed by atoms with E-state index in [9.17, 15) is 13.6 Å². The molecule has 1 amide bonds. The van der Waals surface area contributed by atoms with E-state index in [4.69, 9.17) is 14.2 Å².